The fourth-order valence-electron chi connectivity index (χ4n) is 2.73. The number of carbonyl (C=O) groups is 1. The highest BCUT2D eigenvalue weighted by Gasteiger charge is 2.08. The van der Waals surface area contributed by atoms with Gasteiger partial charge < -0.3 is 20.3 Å². The highest BCUT2D eigenvalue weighted by molar-refractivity contribution is 14.0. The molecule has 0 heterocycles. The van der Waals surface area contributed by atoms with Crippen LogP contribution in [0.1, 0.15) is 21.5 Å². The van der Waals surface area contributed by atoms with Crippen LogP contribution in [-0.2, 0) is 13.0 Å². The Bertz CT molecular complexity index is 843. The van der Waals surface area contributed by atoms with Crippen molar-refractivity contribution >= 4 is 51.8 Å². The van der Waals surface area contributed by atoms with Crippen molar-refractivity contribution in [2.45, 2.75) is 13.0 Å². The number of methoxy groups -OCH3 is 1. The van der Waals surface area contributed by atoms with E-state index < -0.39 is 0 Å². The van der Waals surface area contributed by atoms with Gasteiger partial charge in [0.1, 0.15) is 5.75 Å². The Morgan fingerprint density at radius 1 is 1.17 bits per heavy atom. The summed E-state index contributed by atoms with van der Waals surface area (Å²) < 4.78 is 6.40. The third-order valence-electron chi connectivity index (χ3n) is 4.20. The first-order valence-corrected chi connectivity index (χ1v) is 9.81. The van der Waals surface area contributed by atoms with Crippen LogP contribution < -0.4 is 15.4 Å². The number of rotatable bonds is 7. The molecule has 29 heavy (non-hydrogen) atoms. The second kappa shape index (κ2) is 12.7. The highest BCUT2D eigenvalue weighted by Crippen LogP contribution is 2.22. The molecule has 2 rings (SSSR count). The molecular formula is C21H28BrIN4O2. The molecule has 0 saturated carbocycles. The van der Waals surface area contributed by atoms with Crippen LogP contribution in [0.3, 0.4) is 0 Å². The van der Waals surface area contributed by atoms with E-state index in [4.69, 9.17) is 4.74 Å². The van der Waals surface area contributed by atoms with Crippen molar-refractivity contribution in [2.75, 3.05) is 34.8 Å². The summed E-state index contributed by atoms with van der Waals surface area (Å²) in [6.45, 7) is 1.30. The molecule has 0 saturated heterocycles. The third-order valence-corrected chi connectivity index (χ3v) is 4.69. The van der Waals surface area contributed by atoms with E-state index in [0.717, 1.165) is 27.8 Å². The van der Waals surface area contributed by atoms with Crippen molar-refractivity contribution in [3.63, 3.8) is 0 Å². The normalized spacial score (nSPS) is 10.7. The number of halogens is 2. The molecule has 2 aromatic carbocycles. The lowest BCUT2D eigenvalue weighted by molar-refractivity contribution is 0.0827. The Labute approximate surface area is 198 Å². The molecule has 158 valence electrons. The maximum absolute atomic E-state index is 12.1. The van der Waals surface area contributed by atoms with Crippen molar-refractivity contribution in [3.05, 3.63) is 63.6 Å². The molecule has 2 aromatic rings. The Morgan fingerprint density at radius 3 is 2.59 bits per heavy atom. The van der Waals surface area contributed by atoms with E-state index in [0.29, 0.717) is 24.6 Å². The Hall–Kier alpha value is -1.81. The predicted molar refractivity (Wildman–Crippen MR) is 132 cm³/mol. The molecule has 1 amide bonds. The topological polar surface area (TPSA) is 66.0 Å². The summed E-state index contributed by atoms with van der Waals surface area (Å²) in [5.41, 5.74) is 2.84. The van der Waals surface area contributed by atoms with E-state index in [1.165, 1.54) is 0 Å². The molecule has 0 aliphatic heterocycles. The lowest BCUT2D eigenvalue weighted by atomic mass is 10.1. The molecule has 0 fully saturated rings. The van der Waals surface area contributed by atoms with Gasteiger partial charge in [-0.3, -0.25) is 9.79 Å². The number of aliphatic imine (C=N–C) groups is 1. The SMILES string of the molecule is CN=C(NCCc1cccc(C(=O)N(C)C)c1)NCc1cc(Br)ccc1OC.I. The minimum absolute atomic E-state index is 0. The zero-order chi connectivity index (χ0) is 20.5. The number of guanidine groups is 1. The molecule has 6 nitrogen and oxygen atoms in total. The maximum atomic E-state index is 12.1. The van der Waals surface area contributed by atoms with Gasteiger partial charge in [-0.15, -0.1) is 24.0 Å². The van der Waals surface area contributed by atoms with E-state index in [-0.39, 0.29) is 29.9 Å². The number of ether oxygens (including phenoxy) is 1. The van der Waals surface area contributed by atoms with E-state index in [1.807, 2.05) is 42.5 Å². The van der Waals surface area contributed by atoms with Crippen molar-refractivity contribution in [1.29, 1.82) is 0 Å². The maximum Gasteiger partial charge on any atom is 0.253 e. The second-order valence-corrected chi connectivity index (χ2v) is 7.37. The van der Waals surface area contributed by atoms with Crippen LogP contribution in [0.2, 0.25) is 0 Å². The number of amides is 1. The predicted octanol–water partition coefficient (Wildman–Crippen LogP) is 3.69. The van der Waals surface area contributed by atoms with Gasteiger partial charge in [0.05, 0.1) is 7.11 Å². The minimum atomic E-state index is 0. The fourth-order valence-corrected chi connectivity index (χ4v) is 3.14. The van der Waals surface area contributed by atoms with Gasteiger partial charge in [0.15, 0.2) is 5.96 Å². The van der Waals surface area contributed by atoms with Crippen molar-refractivity contribution in [3.8, 4) is 5.75 Å². The van der Waals surface area contributed by atoms with E-state index in [2.05, 4.69) is 31.6 Å². The molecule has 0 bridgehead atoms. The van der Waals surface area contributed by atoms with Crippen molar-refractivity contribution in [1.82, 2.24) is 15.5 Å². The van der Waals surface area contributed by atoms with E-state index in [9.17, 15) is 4.79 Å². The van der Waals surface area contributed by atoms with E-state index >= 15 is 0 Å². The van der Waals surface area contributed by atoms with Gasteiger partial charge >= 0.3 is 0 Å². The number of nitrogens with zero attached hydrogens (tertiary/aromatic N) is 2. The molecule has 0 radical (unpaired) electrons. The first-order chi connectivity index (χ1) is 13.4. The van der Waals surface area contributed by atoms with E-state index in [1.54, 1.807) is 33.2 Å². The largest absolute Gasteiger partial charge is 0.496 e. The van der Waals surface area contributed by atoms with Gasteiger partial charge in [0.25, 0.3) is 5.91 Å². The molecule has 0 unspecified atom stereocenters. The van der Waals surface area contributed by atoms with Crippen molar-refractivity contribution in [2.24, 2.45) is 4.99 Å². The quantitative estimate of drug-likeness (QED) is 0.301. The standard InChI is InChI=1S/C21H27BrN4O2.HI/c1-23-21(25-14-17-13-18(22)8-9-19(17)28-4)24-11-10-15-6-5-7-16(12-15)20(27)26(2)3;/h5-9,12-13H,10-11,14H2,1-4H3,(H2,23,24,25);1H. The summed E-state index contributed by atoms with van der Waals surface area (Å²) in [4.78, 5) is 17.9. The lowest BCUT2D eigenvalue weighted by Gasteiger charge is -2.14. The summed E-state index contributed by atoms with van der Waals surface area (Å²) in [7, 11) is 6.91. The van der Waals surface area contributed by atoms with Gasteiger partial charge in [-0.1, -0.05) is 28.1 Å². The van der Waals surface area contributed by atoms with Crippen LogP contribution in [0.4, 0.5) is 0 Å². The summed E-state index contributed by atoms with van der Waals surface area (Å²) in [6.07, 6.45) is 0.787. The Kier molecular flexibility index (Phi) is 11.0. The van der Waals surface area contributed by atoms with Crippen LogP contribution in [0.25, 0.3) is 0 Å². The highest BCUT2D eigenvalue weighted by atomic mass is 127. The summed E-state index contributed by atoms with van der Waals surface area (Å²) in [5.74, 6) is 1.55. The summed E-state index contributed by atoms with van der Waals surface area (Å²) in [5, 5.41) is 6.60. The molecule has 8 heteroatoms. The number of hydrogen-bond donors (Lipinski definition) is 2. The molecule has 0 spiro atoms. The summed E-state index contributed by atoms with van der Waals surface area (Å²) >= 11 is 3.49. The molecule has 0 aliphatic rings. The Balaban J connectivity index is 0.00000420. The molecule has 0 aliphatic carbocycles. The number of nitrogens with one attached hydrogen (secondary N) is 2. The van der Waals surface area contributed by atoms with Gasteiger partial charge in [0.2, 0.25) is 0 Å². The average molecular weight is 575 g/mol. The summed E-state index contributed by atoms with van der Waals surface area (Å²) in [6, 6.07) is 13.6. The number of carbonyl (C=O) groups excluding carboxylic acids is 1. The van der Waals surface area contributed by atoms with Gasteiger partial charge in [0, 0.05) is 49.8 Å². The fraction of sp³-hybridized carbons (Fsp3) is 0.333. The zero-order valence-corrected chi connectivity index (χ0v) is 21.1. The second-order valence-electron chi connectivity index (χ2n) is 6.46. The number of benzene rings is 2. The molecule has 0 atom stereocenters. The van der Waals surface area contributed by atoms with Crippen LogP contribution >= 0.6 is 39.9 Å². The monoisotopic (exact) mass is 574 g/mol. The molecular weight excluding hydrogens is 547 g/mol. The number of hydrogen-bond acceptors (Lipinski definition) is 3. The zero-order valence-electron chi connectivity index (χ0n) is 17.2. The first kappa shape index (κ1) is 25.2. The van der Waals surface area contributed by atoms with Crippen LogP contribution in [0.5, 0.6) is 5.75 Å². The van der Waals surface area contributed by atoms with Gasteiger partial charge in [-0.05, 0) is 42.3 Å². The van der Waals surface area contributed by atoms with Crippen LogP contribution in [0.15, 0.2) is 51.9 Å². The van der Waals surface area contributed by atoms with Crippen LogP contribution in [0, 0.1) is 0 Å². The van der Waals surface area contributed by atoms with Crippen LogP contribution in [-0.4, -0.2) is 51.6 Å². The minimum Gasteiger partial charge on any atom is -0.496 e. The third kappa shape index (κ3) is 7.85. The van der Waals surface area contributed by atoms with Crippen molar-refractivity contribution < 1.29 is 9.53 Å². The van der Waals surface area contributed by atoms with Gasteiger partial charge in [-0.2, -0.15) is 0 Å². The molecule has 0 aromatic heterocycles. The first-order valence-electron chi connectivity index (χ1n) is 9.02. The lowest BCUT2D eigenvalue weighted by Crippen LogP contribution is -2.37. The molecule has 2 N–H and O–H groups in total. The van der Waals surface area contributed by atoms with Gasteiger partial charge in [-0.25, -0.2) is 0 Å². The average Bonchev–Trinajstić information content (AvgIpc) is 2.70. The Morgan fingerprint density at radius 2 is 1.93 bits per heavy atom. The smallest absolute Gasteiger partial charge is 0.253 e.